The Hall–Kier alpha value is -2.97. The minimum absolute atomic E-state index is 0.0676. The summed E-state index contributed by atoms with van der Waals surface area (Å²) >= 11 is 2.93. The van der Waals surface area contributed by atoms with E-state index in [1.54, 1.807) is 0 Å². The van der Waals surface area contributed by atoms with Gasteiger partial charge in [0.15, 0.2) is 16.1 Å². The molecule has 0 spiro atoms. The topological polar surface area (TPSA) is 73.6 Å². The first-order valence-electron chi connectivity index (χ1n) is 10.6. The van der Waals surface area contributed by atoms with Crippen molar-refractivity contribution in [3.63, 3.8) is 0 Å². The molecular formula is C25H25N5OS2. The Morgan fingerprint density at radius 2 is 1.42 bits per heavy atom. The van der Waals surface area contributed by atoms with Crippen LogP contribution in [0.1, 0.15) is 38.7 Å². The average Bonchev–Trinajstić information content (AvgIpc) is 3.19. The molecule has 0 N–H and O–H groups in total. The normalized spacial score (nSPS) is 11.0. The fourth-order valence-electron chi connectivity index (χ4n) is 3.28. The Morgan fingerprint density at radius 1 is 0.818 bits per heavy atom. The molecule has 2 aromatic heterocycles. The Morgan fingerprint density at radius 3 is 2.06 bits per heavy atom. The van der Waals surface area contributed by atoms with Crippen molar-refractivity contribution in [3.8, 4) is 5.69 Å². The third-order valence-electron chi connectivity index (χ3n) is 4.99. The Kier molecular flexibility index (Phi) is 7.25. The zero-order valence-electron chi connectivity index (χ0n) is 19.1. The summed E-state index contributed by atoms with van der Waals surface area (Å²) in [5, 5.41) is 10.3. The number of hydrogen-bond acceptors (Lipinski definition) is 7. The van der Waals surface area contributed by atoms with E-state index >= 15 is 0 Å². The Bertz CT molecular complexity index is 1250. The lowest BCUT2D eigenvalue weighted by molar-refractivity contribution is 0.102. The summed E-state index contributed by atoms with van der Waals surface area (Å²) in [6, 6.07) is 17.8. The molecule has 0 saturated carbocycles. The quantitative estimate of drug-likeness (QED) is 0.188. The van der Waals surface area contributed by atoms with Crippen molar-refractivity contribution in [3.05, 3.63) is 88.5 Å². The van der Waals surface area contributed by atoms with Crippen LogP contribution in [0.15, 0.2) is 64.9 Å². The minimum Gasteiger partial charge on any atom is -0.293 e. The molecule has 4 rings (SSSR count). The van der Waals surface area contributed by atoms with E-state index in [1.165, 1.54) is 29.1 Å². The summed E-state index contributed by atoms with van der Waals surface area (Å²) in [5.41, 5.74) is 5.86. The van der Waals surface area contributed by atoms with Gasteiger partial charge in [0.1, 0.15) is 5.82 Å². The number of ketones is 1. The van der Waals surface area contributed by atoms with E-state index in [1.807, 2.05) is 67.8 Å². The highest BCUT2D eigenvalue weighted by Crippen LogP contribution is 2.27. The number of hydrogen-bond donors (Lipinski definition) is 0. The van der Waals surface area contributed by atoms with Crippen LogP contribution in [0.4, 0.5) is 0 Å². The van der Waals surface area contributed by atoms with E-state index in [2.05, 4.69) is 39.2 Å². The first kappa shape index (κ1) is 23.2. The zero-order valence-corrected chi connectivity index (χ0v) is 20.7. The summed E-state index contributed by atoms with van der Waals surface area (Å²) in [6.45, 7) is 8.00. The van der Waals surface area contributed by atoms with Gasteiger partial charge in [0.2, 0.25) is 0 Å². The van der Waals surface area contributed by atoms with Crippen LogP contribution < -0.4 is 0 Å². The summed E-state index contributed by atoms with van der Waals surface area (Å²) in [5.74, 6) is 1.71. The van der Waals surface area contributed by atoms with E-state index in [4.69, 9.17) is 0 Å². The highest BCUT2D eigenvalue weighted by atomic mass is 32.2. The molecule has 6 nitrogen and oxygen atoms in total. The van der Waals surface area contributed by atoms with Crippen LogP contribution in [0, 0.1) is 27.7 Å². The number of nitrogens with zero attached hydrogens (tertiary/aromatic N) is 5. The number of thioether (sulfide) groups is 2. The predicted molar refractivity (Wildman–Crippen MR) is 133 cm³/mol. The molecule has 0 aliphatic heterocycles. The second-order valence-electron chi connectivity index (χ2n) is 7.87. The smallest absolute Gasteiger partial charge is 0.196 e. The van der Waals surface area contributed by atoms with Crippen LogP contribution in [0.3, 0.4) is 0 Å². The number of carbonyl (C=O) groups excluding carboxylic acids is 1. The molecule has 0 fully saturated rings. The Labute approximate surface area is 202 Å². The molecule has 0 aliphatic carbocycles. The van der Waals surface area contributed by atoms with Gasteiger partial charge in [0.25, 0.3) is 0 Å². The lowest BCUT2D eigenvalue weighted by Crippen LogP contribution is -2.06. The molecule has 0 atom stereocenters. The van der Waals surface area contributed by atoms with E-state index in [0.717, 1.165) is 33.6 Å². The molecule has 2 heterocycles. The highest BCUT2D eigenvalue weighted by molar-refractivity contribution is 7.99. The third kappa shape index (κ3) is 5.89. The maximum Gasteiger partial charge on any atom is 0.196 e. The largest absolute Gasteiger partial charge is 0.293 e. The fourth-order valence-corrected chi connectivity index (χ4v) is 5.01. The molecule has 4 aromatic rings. The molecule has 168 valence electrons. The van der Waals surface area contributed by atoms with Crippen LogP contribution in [0.25, 0.3) is 5.69 Å². The number of rotatable bonds is 8. The number of benzene rings is 2. The van der Waals surface area contributed by atoms with Crippen molar-refractivity contribution in [1.82, 2.24) is 24.7 Å². The molecule has 0 saturated heterocycles. The average molecular weight is 476 g/mol. The molecular weight excluding hydrogens is 450 g/mol. The summed E-state index contributed by atoms with van der Waals surface area (Å²) in [7, 11) is 0. The summed E-state index contributed by atoms with van der Waals surface area (Å²) < 4.78 is 2.02. The molecule has 8 heteroatoms. The second-order valence-corrected chi connectivity index (χ2v) is 9.75. The van der Waals surface area contributed by atoms with E-state index < -0.39 is 0 Å². The second kappa shape index (κ2) is 10.3. The van der Waals surface area contributed by atoms with Crippen LogP contribution in [-0.2, 0) is 5.75 Å². The number of Topliss-reactive ketones (excluding diaryl/α,β-unsaturated/α-hetero) is 1. The van der Waals surface area contributed by atoms with Crippen LogP contribution in [0.2, 0.25) is 0 Å². The first-order valence-corrected chi connectivity index (χ1v) is 12.6. The number of aromatic nitrogens is 5. The van der Waals surface area contributed by atoms with Gasteiger partial charge in [-0.3, -0.25) is 9.36 Å². The zero-order chi connectivity index (χ0) is 23.4. The van der Waals surface area contributed by atoms with Gasteiger partial charge in [-0.25, -0.2) is 9.97 Å². The SMILES string of the molecule is Cc1ccc(C(=O)CSc2nnc(CSc3nc(C)cc(C)n3)n2-c2ccc(C)cc2)cc1. The third-order valence-corrected chi connectivity index (χ3v) is 6.76. The monoisotopic (exact) mass is 475 g/mol. The van der Waals surface area contributed by atoms with Crippen LogP contribution in [-0.4, -0.2) is 36.3 Å². The minimum atomic E-state index is 0.0676. The van der Waals surface area contributed by atoms with Crippen molar-refractivity contribution < 1.29 is 4.79 Å². The molecule has 0 radical (unpaired) electrons. The maximum absolute atomic E-state index is 12.7. The van der Waals surface area contributed by atoms with E-state index in [9.17, 15) is 4.79 Å². The van der Waals surface area contributed by atoms with E-state index in [-0.39, 0.29) is 5.78 Å². The van der Waals surface area contributed by atoms with Crippen LogP contribution in [0.5, 0.6) is 0 Å². The van der Waals surface area contributed by atoms with Crippen molar-refractivity contribution in [2.45, 2.75) is 43.8 Å². The molecule has 0 aliphatic rings. The molecule has 0 amide bonds. The highest BCUT2D eigenvalue weighted by Gasteiger charge is 2.17. The van der Waals surface area contributed by atoms with Gasteiger partial charge in [-0.2, -0.15) is 0 Å². The molecule has 0 bridgehead atoms. The van der Waals surface area contributed by atoms with Gasteiger partial charge >= 0.3 is 0 Å². The lowest BCUT2D eigenvalue weighted by Gasteiger charge is -2.10. The van der Waals surface area contributed by atoms with Gasteiger partial charge in [0.05, 0.1) is 11.5 Å². The van der Waals surface area contributed by atoms with Gasteiger partial charge in [0, 0.05) is 22.6 Å². The van der Waals surface area contributed by atoms with Crippen LogP contribution >= 0.6 is 23.5 Å². The number of carbonyl (C=O) groups is 1. The fraction of sp³-hybridized carbons (Fsp3) is 0.240. The molecule has 0 unspecified atom stereocenters. The Balaban J connectivity index is 1.57. The first-order chi connectivity index (χ1) is 15.9. The standard InChI is InChI=1S/C25H25N5OS2/c1-16-5-9-20(10-6-16)22(31)14-33-25-29-28-23(30(25)21-11-7-17(2)8-12-21)15-32-24-26-18(3)13-19(4)27-24/h5-13H,14-15H2,1-4H3. The van der Waals surface area contributed by atoms with E-state index in [0.29, 0.717) is 22.2 Å². The van der Waals surface area contributed by atoms with Gasteiger partial charge in [-0.05, 0) is 45.9 Å². The van der Waals surface area contributed by atoms with Gasteiger partial charge in [-0.15, -0.1) is 10.2 Å². The maximum atomic E-state index is 12.7. The van der Waals surface area contributed by atoms with Crippen molar-refractivity contribution in [2.75, 3.05) is 5.75 Å². The van der Waals surface area contributed by atoms with Gasteiger partial charge in [-0.1, -0.05) is 71.0 Å². The van der Waals surface area contributed by atoms with Crippen molar-refractivity contribution in [1.29, 1.82) is 0 Å². The number of aryl methyl sites for hydroxylation is 4. The summed E-state index contributed by atoms with van der Waals surface area (Å²) in [4.78, 5) is 21.7. The lowest BCUT2D eigenvalue weighted by atomic mass is 10.1. The van der Waals surface area contributed by atoms with Gasteiger partial charge < -0.3 is 0 Å². The predicted octanol–water partition coefficient (Wildman–Crippen LogP) is 5.56. The van der Waals surface area contributed by atoms with Crippen molar-refractivity contribution >= 4 is 29.3 Å². The summed E-state index contributed by atoms with van der Waals surface area (Å²) in [6.07, 6.45) is 0. The molecule has 2 aromatic carbocycles. The van der Waals surface area contributed by atoms with Crippen molar-refractivity contribution in [2.24, 2.45) is 0 Å². The molecule has 33 heavy (non-hydrogen) atoms.